The van der Waals surface area contributed by atoms with Crippen molar-refractivity contribution in [3.8, 4) is 0 Å². The van der Waals surface area contributed by atoms with Crippen molar-refractivity contribution in [2.24, 2.45) is 0 Å². The minimum absolute atomic E-state index is 0.185. The Morgan fingerprint density at radius 3 is 2.60 bits per heavy atom. The third kappa shape index (κ3) is 3.54. The number of benzene rings is 2. The summed E-state index contributed by atoms with van der Waals surface area (Å²) >= 11 is 4.77. The van der Waals surface area contributed by atoms with Gasteiger partial charge in [-0.1, -0.05) is 33.8 Å². The highest BCUT2D eigenvalue weighted by Gasteiger charge is 2.17. The van der Waals surface area contributed by atoms with Gasteiger partial charge in [0.05, 0.1) is 4.90 Å². The molecule has 3 N–H and O–H groups in total. The van der Waals surface area contributed by atoms with E-state index < -0.39 is 10.0 Å². The Bertz CT molecular complexity index is 733. The molecule has 2 aromatic carbocycles. The van der Waals surface area contributed by atoms with Gasteiger partial charge in [-0.05, 0) is 43.4 Å². The molecule has 0 saturated heterocycles. The summed E-state index contributed by atoms with van der Waals surface area (Å²) in [5, 5.41) is 0. The van der Waals surface area contributed by atoms with E-state index in [4.69, 9.17) is 5.73 Å². The van der Waals surface area contributed by atoms with Crippen molar-refractivity contribution in [2.45, 2.75) is 14.7 Å². The molecule has 0 aromatic heterocycles. The fourth-order valence-electron chi connectivity index (χ4n) is 1.59. The summed E-state index contributed by atoms with van der Waals surface area (Å²) in [6.45, 7) is 0. The molecule has 0 heterocycles. The number of hydrogen-bond acceptors (Lipinski definition) is 4. The molecule has 0 aliphatic carbocycles. The monoisotopic (exact) mass is 372 g/mol. The van der Waals surface area contributed by atoms with Gasteiger partial charge in [0.25, 0.3) is 0 Å². The van der Waals surface area contributed by atoms with Gasteiger partial charge < -0.3 is 5.73 Å². The molecule has 2 rings (SSSR count). The van der Waals surface area contributed by atoms with Crippen LogP contribution in [0.4, 0.5) is 5.69 Å². The summed E-state index contributed by atoms with van der Waals surface area (Å²) in [5.41, 5.74) is 6.10. The minimum atomic E-state index is -3.54. The molecule has 0 saturated carbocycles. The van der Waals surface area contributed by atoms with Crippen LogP contribution in [0.25, 0.3) is 0 Å². The molecular formula is C13H13BrN2O2S2. The Hall–Kier alpha value is -1.02. The van der Waals surface area contributed by atoms with Crippen LogP contribution in [0, 0.1) is 0 Å². The quantitative estimate of drug-likeness (QED) is 0.808. The van der Waals surface area contributed by atoms with Gasteiger partial charge in [-0.3, -0.25) is 0 Å². The average Bonchev–Trinajstić information content (AvgIpc) is 2.41. The van der Waals surface area contributed by atoms with Crippen molar-refractivity contribution in [1.29, 1.82) is 0 Å². The van der Waals surface area contributed by atoms with Crippen molar-refractivity contribution in [3.63, 3.8) is 0 Å². The lowest BCUT2D eigenvalue weighted by Crippen LogP contribution is -2.19. The van der Waals surface area contributed by atoms with E-state index in [2.05, 4.69) is 20.7 Å². The molecule has 0 fully saturated rings. The topological polar surface area (TPSA) is 72.2 Å². The van der Waals surface area contributed by atoms with Crippen molar-refractivity contribution in [2.75, 3.05) is 12.8 Å². The zero-order chi connectivity index (χ0) is 14.8. The molecule has 0 amide bonds. The van der Waals surface area contributed by atoms with Crippen LogP contribution in [0.3, 0.4) is 0 Å². The maximum Gasteiger partial charge on any atom is 0.241 e. The third-order valence-corrected chi connectivity index (χ3v) is 5.69. The van der Waals surface area contributed by atoms with Crippen LogP contribution in [0.15, 0.2) is 61.6 Å². The smallest absolute Gasteiger partial charge is 0.241 e. The van der Waals surface area contributed by atoms with Crippen LogP contribution in [-0.2, 0) is 10.0 Å². The van der Waals surface area contributed by atoms with Crippen molar-refractivity contribution < 1.29 is 8.42 Å². The Morgan fingerprint density at radius 1 is 1.20 bits per heavy atom. The van der Waals surface area contributed by atoms with E-state index in [1.165, 1.54) is 24.9 Å². The summed E-state index contributed by atoms with van der Waals surface area (Å²) in [6.07, 6.45) is 0. The molecule has 0 bridgehead atoms. The number of halogens is 1. The number of nitrogen functional groups attached to an aromatic ring is 1. The Labute approximate surface area is 130 Å². The molecular weight excluding hydrogens is 360 g/mol. The first-order valence-corrected chi connectivity index (χ1v) is 8.78. The number of nitrogens with two attached hydrogens (primary N) is 1. The summed E-state index contributed by atoms with van der Waals surface area (Å²) in [4.78, 5) is 1.76. The minimum Gasteiger partial charge on any atom is -0.399 e. The molecule has 7 heteroatoms. The van der Waals surface area contributed by atoms with Crippen LogP contribution in [0.5, 0.6) is 0 Å². The number of rotatable bonds is 4. The molecule has 106 valence electrons. The number of sulfonamides is 1. The lowest BCUT2D eigenvalue weighted by Gasteiger charge is -2.10. The Morgan fingerprint density at radius 2 is 1.95 bits per heavy atom. The molecule has 0 radical (unpaired) electrons. The second-order valence-corrected chi connectivity index (χ2v) is 7.86. The van der Waals surface area contributed by atoms with Crippen molar-refractivity contribution >= 4 is 43.4 Å². The molecule has 2 aromatic rings. The average molecular weight is 373 g/mol. The summed E-state index contributed by atoms with van der Waals surface area (Å²) in [5.74, 6) is 0. The van der Waals surface area contributed by atoms with Crippen molar-refractivity contribution in [1.82, 2.24) is 4.72 Å². The van der Waals surface area contributed by atoms with Gasteiger partial charge in [-0.15, -0.1) is 0 Å². The lowest BCUT2D eigenvalue weighted by atomic mass is 10.3. The standard InChI is InChI=1S/C13H13BrN2O2S2/c1-16-20(17,18)13-8-10(15)5-6-12(13)19-11-4-2-3-9(14)7-11/h2-8,16H,15H2,1H3. The maximum absolute atomic E-state index is 12.0. The fourth-order valence-corrected chi connectivity index (χ4v) is 4.32. The second-order valence-electron chi connectivity index (χ2n) is 3.97. The van der Waals surface area contributed by atoms with E-state index in [1.54, 1.807) is 12.1 Å². The second kappa shape index (κ2) is 6.17. The van der Waals surface area contributed by atoms with Gasteiger partial charge >= 0.3 is 0 Å². The molecule has 0 aliphatic heterocycles. The molecule has 0 unspecified atom stereocenters. The first-order valence-electron chi connectivity index (χ1n) is 5.69. The van der Waals surface area contributed by atoms with Crippen molar-refractivity contribution in [3.05, 3.63) is 46.9 Å². The van der Waals surface area contributed by atoms with Crippen LogP contribution in [0.1, 0.15) is 0 Å². The van der Waals surface area contributed by atoms with Gasteiger partial charge in [-0.2, -0.15) is 0 Å². The first-order chi connectivity index (χ1) is 9.42. The normalized spacial score (nSPS) is 11.5. The van der Waals surface area contributed by atoms with E-state index in [9.17, 15) is 8.42 Å². The summed E-state index contributed by atoms with van der Waals surface area (Å²) < 4.78 is 27.3. The highest BCUT2D eigenvalue weighted by Crippen LogP contribution is 2.34. The maximum atomic E-state index is 12.0. The van der Waals surface area contributed by atoms with E-state index in [0.29, 0.717) is 10.6 Å². The van der Waals surface area contributed by atoms with Crippen LogP contribution < -0.4 is 10.5 Å². The highest BCUT2D eigenvalue weighted by atomic mass is 79.9. The van der Waals surface area contributed by atoms with E-state index in [-0.39, 0.29) is 4.90 Å². The summed E-state index contributed by atoms with van der Waals surface area (Å²) in [6, 6.07) is 12.5. The van der Waals surface area contributed by atoms with Crippen LogP contribution >= 0.6 is 27.7 Å². The van der Waals surface area contributed by atoms with Gasteiger partial charge in [0.15, 0.2) is 0 Å². The van der Waals surface area contributed by atoms with Gasteiger partial charge in [0.2, 0.25) is 10.0 Å². The van der Waals surface area contributed by atoms with Gasteiger partial charge in [-0.25, -0.2) is 13.1 Å². The molecule has 0 spiro atoms. The zero-order valence-electron chi connectivity index (χ0n) is 10.6. The Balaban J connectivity index is 2.47. The third-order valence-electron chi connectivity index (χ3n) is 2.55. The predicted molar refractivity (Wildman–Crippen MR) is 85.4 cm³/mol. The van der Waals surface area contributed by atoms with Crippen LogP contribution in [-0.4, -0.2) is 15.5 Å². The predicted octanol–water partition coefficient (Wildman–Crippen LogP) is 3.09. The summed E-state index contributed by atoms with van der Waals surface area (Å²) in [7, 11) is -2.16. The number of nitrogens with one attached hydrogen (secondary N) is 1. The van der Waals surface area contributed by atoms with E-state index >= 15 is 0 Å². The van der Waals surface area contributed by atoms with E-state index in [0.717, 1.165) is 9.37 Å². The van der Waals surface area contributed by atoms with E-state index in [1.807, 2.05) is 24.3 Å². The highest BCUT2D eigenvalue weighted by molar-refractivity contribution is 9.10. The molecule has 4 nitrogen and oxygen atoms in total. The SMILES string of the molecule is CNS(=O)(=O)c1cc(N)ccc1Sc1cccc(Br)c1. The number of anilines is 1. The zero-order valence-corrected chi connectivity index (χ0v) is 13.8. The molecule has 0 atom stereocenters. The lowest BCUT2D eigenvalue weighted by molar-refractivity contribution is 0.586. The first kappa shape index (κ1) is 15.4. The largest absolute Gasteiger partial charge is 0.399 e. The number of hydrogen-bond donors (Lipinski definition) is 2. The van der Waals surface area contributed by atoms with Crippen LogP contribution in [0.2, 0.25) is 0 Å². The fraction of sp³-hybridized carbons (Fsp3) is 0.0769. The Kier molecular flexibility index (Phi) is 4.74. The molecule has 20 heavy (non-hydrogen) atoms. The molecule has 0 aliphatic rings. The van der Waals surface area contributed by atoms with Gasteiger partial charge in [0.1, 0.15) is 0 Å². The van der Waals surface area contributed by atoms with Gasteiger partial charge in [0, 0.05) is 20.0 Å².